The number of allylic oxidation sites excluding steroid dienone is 9. The second-order valence-electron chi connectivity index (χ2n) is 21.8. The van der Waals surface area contributed by atoms with Gasteiger partial charge in [-0.25, -0.2) is 0 Å². The van der Waals surface area contributed by atoms with E-state index in [1.54, 1.807) is 6.08 Å². The topological polar surface area (TPSA) is 175 Å². The second-order valence-corrected chi connectivity index (χ2v) is 21.8. The summed E-state index contributed by atoms with van der Waals surface area (Å²) in [6.07, 6.45) is 55.5. The first-order valence-electron chi connectivity index (χ1n) is 31.6. The summed E-state index contributed by atoms with van der Waals surface area (Å²) in [5, 5.41) is 57.0. The van der Waals surface area contributed by atoms with Crippen LogP contribution >= 0.6 is 0 Å². The van der Waals surface area contributed by atoms with Crippen molar-refractivity contribution in [3.8, 4) is 0 Å². The molecule has 11 nitrogen and oxygen atoms in total. The maximum absolute atomic E-state index is 13.4. The van der Waals surface area contributed by atoms with E-state index in [1.165, 1.54) is 141 Å². The van der Waals surface area contributed by atoms with Crippen molar-refractivity contribution in [2.24, 2.45) is 0 Å². The van der Waals surface area contributed by atoms with E-state index in [0.717, 1.165) is 89.9 Å². The predicted octanol–water partition coefficient (Wildman–Crippen LogP) is 15.0. The van der Waals surface area contributed by atoms with Crippen molar-refractivity contribution in [3.05, 3.63) is 60.8 Å². The van der Waals surface area contributed by atoms with Crippen molar-refractivity contribution in [2.45, 2.75) is 327 Å². The van der Waals surface area contributed by atoms with Crippen molar-refractivity contribution < 1.29 is 49.3 Å². The first kappa shape index (κ1) is 71.4. The Morgan fingerprint density at radius 3 is 1.43 bits per heavy atom. The zero-order valence-electron chi connectivity index (χ0n) is 48.9. The first-order valence-corrected chi connectivity index (χ1v) is 31.6. The summed E-state index contributed by atoms with van der Waals surface area (Å²) in [5.41, 5.74) is 0. The lowest BCUT2D eigenvalue weighted by atomic mass is 9.99. The average molecular weight is 1070 g/mol. The molecule has 6 N–H and O–H groups in total. The van der Waals surface area contributed by atoms with Crippen LogP contribution in [0.2, 0.25) is 0 Å². The van der Waals surface area contributed by atoms with Gasteiger partial charge in [0.25, 0.3) is 0 Å². The Morgan fingerprint density at radius 1 is 0.526 bits per heavy atom. The molecule has 0 saturated carbocycles. The standard InChI is InChI=1S/C65H117NO10/c1-4-7-10-13-16-19-22-24-26-27-28-29-30-31-32-33-34-37-40-43-46-49-52-58(69)64(73)66-56(57(68)51-48-45-42-39-36-21-18-15-12-9-6-3)55-74-65-63(62(72)61(71)59(54-67)75-65)76-60(70)53-50-47-44-41-38-35-25-23-20-17-14-11-8-5-2/h8,11,16-17,19-20,24,26,48,51,56-59,61-63,65,67-69,71-72H,4-7,9-10,12-15,18,21-23,25,27-47,49-50,52-55H2,1-3H3,(H,66,73)/b11-8+,19-16-,20-17+,26-24-,51-48+. The zero-order chi connectivity index (χ0) is 55.4. The Hall–Kier alpha value is -2.64. The van der Waals surface area contributed by atoms with Crippen LogP contribution in [-0.2, 0) is 23.8 Å². The van der Waals surface area contributed by atoms with E-state index in [4.69, 9.17) is 14.2 Å². The zero-order valence-corrected chi connectivity index (χ0v) is 48.9. The molecule has 0 aromatic rings. The van der Waals surface area contributed by atoms with Crippen LogP contribution in [0.3, 0.4) is 0 Å². The third-order valence-electron chi connectivity index (χ3n) is 14.7. The molecule has 76 heavy (non-hydrogen) atoms. The summed E-state index contributed by atoms with van der Waals surface area (Å²) >= 11 is 0. The lowest BCUT2D eigenvalue weighted by Crippen LogP contribution is -2.61. The van der Waals surface area contributed by atoms with Crippen LogP contribution in [0.25, 0.3) is 0 Å². The Bertz CT molecular complexity index is 1460. The van der Waals surface area contributed by atoms with Crippen molar-refractivity contribution in [1.82, 2.24) is 5.32 Å². The number of aliphatic hydroxyl groups is 5. The third-order valence-corrected chi connectivity index (χ3v) is 14.7. The molecule has 0 aromatic heterocycles. The SMILES string of the molecule is CC/C=C/C/C=C/CCCCCCCCCC(=O)OC1C(OCC(NC(=O)C(O)CCCCCCCCCCCCCC/C=C\C/C=C\CCCCC)C(O)/C=C/CCCCCCCCCCC)OC(CO)C(O)C1O. The Balaban J connectivity index is 2.62. The molecule has 11 heteroatoms. The highest BCUT2D eigenvalue weighted by Crippen LogP contribution is 2.26. The Labute approximate surface area is 465 Å². The molecule has 8 atom stereocenters. The Morgan fingerprint density at radius 2 is 0.947 bits per heavy atom. The van der Waals surface area contributed by atoms with E-state index in [1.807, 2.05) is 6.08 Å². The van der Waals surface area contributed by atoms with Crippen LogP contribution < -0.4 is 5.32 Å². The van der Waals surface area contributed by atoms with Gasteiger partial charge in [-0.05, 0) is 83.5 Å². The van der Waals surface area contributed by atoms with Gasteiger partial charge >= 0.3 is 5.97 Å². The molecule has 8 unspecified atom stereocenters. The van der Waals surface area contributed by atoms with Crippen LogP contribution in [0.1, 0.15) is 278 Å². The van der Waals surface area contributed by atoms with Crippen molar-refractivity contribution in [3.63, 3.8) is 0 Å². The molecule has 0 aliphatic carbocycles. The lowest BCUT2D eigenvalue weighted by Gasteiger charge is -2.41. The number of aliphatic hydroxyl groups excluding tert-OH is 5. The average Bonchev–Trinajstić information content (AvgIpc) is 3.42. The minimum Gasteiger partial charge on any atom is -0.454 e. The minimum atomic E-state index is -1.62. The van der Waals surface area contributed by atoms with Gasteiger partial charge in [0.15, 0.2) is 12.4 Å². The van der Waals surface area contributed by atoms with Gasteiger partial charge in [0.1, 0.15) is 24.4 Å². The van der Waals surface area contributed by atoms with Crippen molar-refractivity contribution in [1.29, 1.82) is 0 Å². The fraction of sp³-hybridized carbons (Fsp3) is 0.815. The van der Waals surface area contributed by atoms with Gasteiger partial charge in [0.05, 0.1) is 25.4 Å². The molecule has 0 spiro atoms. The number of nitrogens with one attached hydrogen (secondary N) is 1. The Kier molecular flexibility index (Phi) is 49.8. The van der Waals surface area contributed by atoms with Crippen molar-refractivity contribution >= 4 is 11.9 Å². The third kappa shape index (κ3) is 40.5. The van der Waals surface area contributed by atoms with Gasteiger partial charge in [-0.2, -0.15) is 0 Å². The molecule has 1 aliphatic heterocycles. The molecule has 1 fully saturated rings. The fourth-order valence-corrected chi connectivity index (χ4v) is 9.66. The smallest absolute Gasteiger partial charge is 0.306 e. The number of amides is 1. The van der Waals surface area contributed by atoms with Gasteiger partial charge in [0.2, 0.25) is 5.91 Å². The largest absolute Gasteiger partial charge is 0.454 e. The van der Waals surface area contributed by atoms with E-state index < -0.39 is 67.4 Å². The summed E-state index contributed by atoms with van der Waals surface area (Å²) in [5.74, 6) is -1.20. The number of ether oxygens (including phenoxy) is 3. The summed E-state index contributed by atoms with van der Waals surface area (Å²) in [4.78, 5) is 26.5. The molecule has 1 amide bonds. The monoisotopic (exact) mass is 1070 g/mol. The van der Waals surface area contributed by atoms with Gasteiger partial charge < -0.3 is 45.1 Å². The van der Waals surface area contributed by atoms with Crippen LogP contribution in [0.15, 0.2) is 60.8 Å². The van der Waals surface area contributed by atoms with E-state index in [9.17, 15) is 35.1 Å². The number of carbonyl (C=O) groups excluding carboxylic acids is 2. The number of hydrogen-bond acceptors (Lipinski definition) is 10. The summed E-state index contributed by atoms with van der Waals surface area (Å²) in [6.45, 7) is 5.65. The fourth-order valence-electron chi connectivity index (χ4n) is 9.66. The van der Waals surface area contributed by atoms with Gasteiger partial charge in [0, 0.05) is 6.42 Å². The second kappa shape index (κ2) is 53.0. The molecule has 1 aliphatic rings. The first-order chi connectivity index (χ1) is 37.2. The molecule has 0 radical (unpaired) electrons. The minimum absolute atomic E-state index is 0.114. The molecule has 0 aromatic carbocycles. The normalized spacial score (nSPS) is 19.5. The van der Waals surface area contributed by atoms with Crippen LogP contribution in [0.4, 0.5) is 0 Å². The molecule has 1 rings (SSSR count). The summed E-state index contributed by atoms with van der Waals surface area (Å²) in [6, 6.07) is -1.03. The van der Waals surface area contributed by atoms with E-state index in [-0.39, 0.29) is 19.4 Å². The summed E-state index contributed by atoms with van der Waals surface area (Å²) in [7, 11) is 0. The molecule has 1 saturated heterocycles. The van der Waals surface area contributed by atoms with Gasteiger partial charge in [-0.15, -0.1) is 0 Å². The van der Waals surface area contributed by atoms with E-state index in [2.05, 4.69) is 74.7 Å². The number of esters is 1. The van der Waals surface area contributed by atoms with Crippen LogP contribution in [0, 0.1) is 0 Å². The van der Waals surface area contributed by atoms with Crippen LogP contribution in [-0.4, -0.2) is 99.6 Å². The highest BCUT2D eigenvalue weighted by Gasteiger charge is 2.47. The van der Waals surface area contributed by atoms with Crippen LogP contribution in [0.5, 0.6) is 0 Å². The highest BCUT2D eigenvalue weighted by atomic mass is 16.7. The van der Waals surface area contributed by atoms with Gasteiger partial charge in [-0.1, -0.05) is 248 Å². The lowest BCUT2D eigenvalue weighted by molar-refractivity contribution is -0.305. The number of unbranched alkanes of at least 4 members (excludes halogenated alkanes) is 31. The van der Waals surface area contributed by atoms with E-state index >= 15 is 0 Å². The maximum Gasteiger partial charge on any atom is 0.306 e. The maximum atomic E-state index is 13.4. The molecular weight excluding hydrogens is 955 g/mol. The number of hydrogen-bond donors (Lipinski definition) is 6. The number of rotatable bonds is 53. The van der Waals surface area contributed by atoms with E-state index in [0.29, 0.717) is 12.8 Å². The highest BCUT2D eigenvalue weighted by molar-refractivity contribution is 5.80. The van der Waals surface area contributed by atoms with Gasteiger partial charge in [-0.3, -0.25) is 9.59 Å². The van der Waals surface area contributed by atoms with Crippen molar-refractivity contribution in [2.75, 3.05) is 13.2 Å². The summed E-state index contributed by atoms with van der Waals surface area (Å²) < 4.78 is 17.6. The molecule has 442 valence electrons. The molecule has 1 heterocycles. The predicted molar refractivity (Wildman–Crippen MR) is 315 cm³/mol. The molecule has 0 bridgehead atoms. The molecular formula is C65H117NO10. The quantitative estimate of drug-likeness (QED) is 0.0195. The number of carbonyl (C=O) groups is 2.